The number of thiazole rings is 1. The Bertz CT molecular complexity index is 808. The summed E-state index contributed by atoms with van der Waals surface area (Å²) in [5.41, 5.74) is 6.49. The number of amides is 1. The van der Waals surface area contributed by atoms with E-state index in [1.807, 2.05) is 0 Å². The van der Waals surface area contributed by atoms with Crippen molar-refractivity contribution >= 4 is 35.3 Å². The number of aromatic nitrogens is 1. The molecule has 0 atom stereocenters. The molecule has 2 heterocycles. The zero-order valence-electron chi connectivity index (χ0n) is 15.3. The maximum Gasteiger partial charge on any atom is 0.273 e. The second-order valence-corrected chi connectivity index (χ2v) is 7.21. The lowest BCUT2D eigenvalue weighted by Gasteiger charge is -2.31. The summed E-state index contributed by atoms with van der Waals surface area (Å²) in [6.07, 6.45) is 2.63. The monoisotopic (exact) mass is 426 g/mol. The molecule has 1 aromatic carbocycles. The number of rotatable bonds is 7. The van der Waals surface area contributed by atoms with Gasteiger partial charge in [0.2, 0.25) is 0 Å². The van der Waals surface area contributed by atoms with Crippen LogP contribution in [-0.4, -0.2) is 53.1 Å². The molecular formula is C18H23ClN4O4S. The predicted octanol–water partition coefficient (Wildman–Crippen LogP) is 3.11. The normalized spacial score (nSPS) is 14.5. The molecule has 1 aliphatic rings. The van der Waals surface area contributed by atoms with Gasteiger partial charge in [-0.25, -0.2) is 4.98 Å². The van der Waals surface area contributed by atoms with Crippen LogP contribution in [0.5, 0.6) is 0 Å². The lowest BCUT2D eigenvalue weighted by Crippen LogP contribution is -2.41. The van der Waals surface area contributed by atoms with Crippen LogP contribution < -0.4 is 5.73 Å². The van der Waals surface area contributed by atoms with E-state index in [0.717, 1.165) is 19.3 Å². The minimum Gasteiger partial charge on any atom is -0.378 e. The van der Waals surface area contributed by atoms with E-state index >= 15 is 0 Å². The highest BCUT2D eigenvalue weighted by atomic mass is 35.5. The number of halogens is 1. The number of nitro benzene ring substituents is 1. The molecule has 10 heteroatoms. The van der Waals surface area contributed by atoms with Gasteiger partial charge in [0.1, 0.15) is 10.7 Å². The summed E-state index contributed by atoms with van der Waals surface area (Å²) in [7, 11) is 0. The van der Waals surface area contributed by atoms with E-state index in [9.17, 15) is 14.9 Å². The molecule has 0 radical (unpaired) electrons. The number of ether oxygens (including phenoxy) is 1. The summed E-state index contributed by atoms with van der Waals surface area (Å²) in [6, 6.07) is 6.27. The van der Waals surface area contributed by atoms with Crippen LogP contribution in [0.2, 0.25) is 0 Å². The number of nitrogens with two attached hydrogens (primary N) is 1. The summed E-state index contributed by atoms with van der Waals surface area (Å²) in [6.45, 7) is 2.55. The van der Waals surface area contributed by atoms with Gasteiger partial charge in [0, 0.05) is 42.8 Å². The van der Waals surface area contributed by atoms with Crippen LogP contribution in [-0.2, 0) is 4.74 Å². The number of piperidine rings is 1. The minimum atomic E-state index is -0.442. The lowest BCUT2D eigenvalue weighted by atomic mass is 10.1. The molecule has 152 valence electrons. The number of non-ortho nitro benzene ring substituents is 1. The zero-order valence-corrected chi connectivity index (χ0v) is 16.9. The molecule has 1 fully saturated rings. The molecule has 0 aliphatic carbocycles. The van der Waals surface area contributed by atoms with Gasteiger partial charge < -0.3 is 15.4 Å². The SMILES string of the molecule is Cl.NCCCOC1CCN(C(=O)c2csc(-c3cccc([N+](=O)[O-])c3)n2)CC1. The number of nitro groups is 1. The van der Waals surface area contributed by atoms with E-state index < -0.39 is 4.92 Å². The van der Waals surface area contributed by atoms with Crippen molar-refractivity contribution < 1.29 is 14.5 Å². The third-order valence-corrected chi connectivity index (χ3v) is 5.35. The fourth-order valence-electron chi connectivity index (χ4n) is 2.98. The Hall–Kier alpha value is -2.07. The van der Waals surface area contributed by atoms with Crippen molar-refractivity contribution in [1.82, 2.24) is 9.88 Å². The van der Waals surface area contributed by atoms with E-state index in [-0.39, 0.29) is 30.1 Å². The number of hydrogen-bond donors (Lipinski definition) is 1. The summed E-state index contributed by atoms with van der Waals surface area (Å²) in [5, 5.41) is 13.2. The Morgan fingerprint density at radius 2 is 2.14 bits per heavy atom. The summed E-state index contributed by atoms with van der Waals surface area (Å²) in [4.78, 5) is 29.4. The van der Waals surface area contributed by atoms with Crippen LogP contribution in [0.25, 0.3) is 10.6 Å². The van der Waals surface area contributed by atoms with E-state index in [2.05, 4.69) is 4.98 Å². The second-order valence-electron chi connectivity index (χ2n) is 6.35. The molecule has 8 nitrogen and oxygen atoms in total. The maximum atomic E-state index is 12.7. The minimum absolute atomic E-state index is 0. The average molecular weight is 427 g/mol. The van der Waals surface area contributed by atoms with Gasteiger partial charge >= 0.3 is 0 Å². The van der Waals surface area contributed by atoms with E-state index in [4.69, 9.17) is 10.5 Å². The third-order valence-electron chi connectivity index (χ3n) is 4.46. The van der Waals surface area contributed by atoms with Gasteiger partial charge in [-0.2, -0.15) is 0 Å². The van der Waals surface area contributed by atoms with E-state index in [1.54, 1.807) is 22.4 Å². The third kappa shape index (κ3) is 5.48. The fraction of sp³-hybridized carbons (Fsp3) is 0.444. The van der Waals surface area contributed by atoms with Crippen molar-refractivity contribution in [3.63, 3.8) is 0 Å². The highest BCUT2D eigenvalue weighted by molar-refractivity contribution is 7.13. The fourth-order valence-corrected chi connectivity index (χ4v) is 3.77. The standard InChI is InChI=1S/C18H22N4O4S.ClH/c19-7-2-10-26-15-5-8-21(9-6-15)18(23)16-12-27-17(20-16)13-3-1-4-14(11-13)22(24)25;/h1,3-4,11-12,15H,2,5-10,19H2;1H. The van der Waals surface area contributed by atoms with Crippen molar-refractivity contribution in [2.75, 3.05) is 26.2 Å². The van der Waals surface area contributed by atoms with Gasteiger partial charge in [-0.05, 0) is 25.8 Å². The molecule has 0 saturated carbocycles. The van der Waals surface area contributed by atoms with Crippen molar-refractivity contribution in [3.05, 3.63) is 45.5 Å². The van der Waals surface area contributed by atoms with Crippen molar-refractivity contribution in [1.29, 1.82) is 0 Å². The van der Waals surface area contributed by atoms with Crippen LogP contribution in [0.1, 0.15) is 29.8 Å². The van der Waals surface area contributed by atoms with Crippen molar-refractivity contribution in [3.8, 4) is 10.6 Å². The summed E-state index contributed by atoms with van der Waals surface area (Å²) >= 11 is 1.31. The number of carbonyl (C=O) groups is 1. The molecule has 2 N–H and O–H groups in total. The molecule has 1 aliphatic heterocycles. The van der Waals surface area contributed by atoms with E-state index in [1.165, 1.54) is 23.5 Å². The highest BCUT2D eigenvalue weighted by Crippen LogP contribution is 2.27. The van der Waals surface area contributed by atoms with Crippen LogP contribution >= 0.6 is 23.7 Å². The van der Waals surface area contributed by atoms with Crippen molar-refractivity contribution in [2.24, 2.45) is 5.73 Å². The van der Waals surface area contributed by atoms with E-state index in [0.29, 0.717) is 42.5 Å². The van der Waals surface area contributed by atoms with Gasteiger partial charge in [-0.3, -0.25) is 14.9 Å². The Labute approximate surface area is 173 Å². The van der Waals surface area contributed by atoms with Gasteiger partial charge in [-0.1, -0.05) is 12.1 Å². The Kier molecular flexibility index (Phi) is 8.31. The topological polar surface area (TPSA) is 112 Å². The molecule has 1 aromatic heterocycles. The first-order chi connectivity index (χ1) is 13.1. The van der Waals surface area contributed by atoms with Gasteiger partial charge in [0.25, 0.3) is 11.6 Å². The van der Waals surface area contributed by atoms with Crippen LogP contribution in [0, 0.1) is 10.1 Å². The van der Waals surface area contributed by atoms with Crippen LogP contribution in [0.15, 0.2) is 29.6 Å². The lowest BCUT2D eigenvalue weighted by molar-refractivity contribution is -0.384. The largest absolute Gasteiger partial charge is 0.378 e. The molecule has 1 saturated heterocycles. The molecule has 2 aromatic rings. The average Bonchev–Trinajstić information content (AvgIpc) is 3.18. The quantitative estimate of drug-likeness (QED) is 0.413. The molecule has 1 amide bonds. The first-order valence-electron chi connectivity index (χ1n) is 8.90. The smallest absolute Gasteiger partial charge is 0.273 e. The number of hydrogen-bond acceptors (Lipinski definition) is 7. The van der Waals surface area contributed by atoms with Gasteiger partial charge in [0.05, 0.1) is 11.0 Å². The predicted molar refractivity (Wildman–Crippen MR) is 110 cm³/mol. The van der Waals surface area contributed by atoms with Gasteiger partial charge in [0.15, 0.2) is 0 Å². The molecule has 0 unspecified atom stereocenters. The zero-order chi connectivity index (χ0) is 19.2. The molecular weight excluding hydrogens is 404 g/mol. The van der Waals surface area contributed by atoms with Crippen molar-refractivity contribution in [2.45, 2.75) is 25.4 Å². The van der Waals surface area contributed by atoms with Gasteiger partial charge in [-0.15, -0.1) is 23.7 Å². The Morgan fingerprint density at radius 1 is 1.39 bits per heavy atom. The highest BCUT2D eigenvalue weighted by Gasteiger charge is 2.25. The van der Waals surface area contributed by atoms with Crippen LogP contribution in [0.4, 0.5) is 5.69 Å². The Morgan fingerprint density at radius 3 is 2.82 bits per heavy atom. The number of nitrogens with zero attached hydrogens (tertiary/aromatic N) is 3. The van der Waals surface area contributed by atoms with Crippen LogP contribution in [0.3, 0.4) is 0 Å². The first kappa shape index (κ1) is 22.2. The maximum absolute atomic E-state index is 12.7. The summed E-state index contributed by atoms with van der Waals surface area (Å²) in [5.74, 6) is -0.108. The first-order valence-corrected chi connectivity index (χ1v) is 9.77. The molecule has 28 heavy (non-hydrogen) atoms. The molecule has 0 bridgehead atoms. The number of carbonyl (C=O) groups excluding carboxylic acids is 1. The number of likely N-dealkylation sites (tertiary alicyclic amines) is 1. The second kappa shape index (κ2) is 10.5. The molecule has 3 rings (SSSR count). The number of benzene rings is 1. The summed E-state index contributed by atoms with van der Waals surface area (Å²) < 4.78 is 5.76. The molecule has 0 spiro atoms. The Balaban J connectivity index is 0.00000280.